The topological polar surface area (TPSA) is 63.0 Å². The van der Waals surface area contributed by atoms with Crippen LogP contribution in [0.25, 0.3) is 0 Å². The molecule has 0 spiro atoms. The summed E-state index contributed by atoms with van der Waals surface area (Å²) in [4.78, 5) is 15.1. The third-order valence-electron chi connectivity index (χ3n) is 1.70. The van der Waals surface area contributed by atoms with E-state index in [1.54, 1.807) is 19.9 Å². The highest BCUT2D eigenvalue weighted by Gasteiger charge is 2.08. The van der Waals surface area contributed by atoms with E-state index in [4.69, 9.17) is 10.00 Å². The number of hydrogen-bond acceptors (Lipinski definition) is 4. The normalized spacial score (nSPS) is 9.21. The molecule has 0 radical (unpaired) electrons. The van der Waals surface area contributed by atoms with E-state index >= 15 is 0 Å². The lowest BCUT2D eigenvalue weighted by Crippen LogP contribution is -2.06. The molecule has 0 aliphatic carbocycles. The first-order valence-electron chi connectivity index (χ1n) is 4.23. The second-order valence-electron chi connectivity index (χ2n) is 2.72. The van der Waals surface area contributed by atoms with Gasteiger partial charge in [-0.1, -0.05) is 0 Å². The number of rotatable bonds is 2. The van der Waals surface area contributed by atoms with Crippen molar-refractivity contribution in [1.82, 2.24) is 4.98 Å². The first kappa shape index (κ1) is 10.2. The SMILES string of the molecule is CCOC(=O)c1cnc(C#N)c(C)c1. The van der Waals surface area contributed by atoms with Gasteiger partial charge in [-0.3, -0.25) is 0 Å². The summed E-state index contributed by atoms with van der Waals surface area (Å²) < 4.78 is 4.79. The number of esters is 1. The van der Waals surface area contributed by atoms with Crippen LogP contribution in [0.15, 0.2) is 12.3 Å². The molecule has 0 aliphatic heterocycles. The van der Waals surface area contributed by atoms with Crippen molar-refractivity contribution in [2.75, 3.05) is 6.61 Å². The third-order valence-corrected chi connectivity index (χ3v) is 1.70. The lowest BCUT2D eigenvalue weighted by atomic mass is 10.1. The molecule has 0 unspecified atom stereocenters. The van der Waals surface area contributed by atoms with E-state index in [0.717, 1.165) is 0 Å². The average molecular weight is 190 g/mol. The van der Waals surface area contributed by atoms with E-state index < -0.39 is 5.97 Å². The van der Waals surface area contributed by atoms with Gasteiger partial charge in [-0.25, -0.2) is 9.78 Å². The number of ether oxygens (including phenoxy) is 1. The summed E-state index contributed by atoms with van der Waals surface area (Å²) in [7, 11) is 0. The lowest BCUT2D eigenvalue weighted by Gasteiger charge is -2.02. The lowest BCUT2D eigenvalue weighted by molar-refractivity contribution is 0.0526. The molecule has 0 amide bonds. The van der Waals surface area contributed by atoms with Crippen LogP contribution in [-0.4, -0.2) is 17.6 Å². The summed E-state index contributed by atoms with van der Waals surface area (Å²) in [6, 6.07) is 3.53. The van der Waals surface area contributed by atoms with Crippen LogP contribution < -0.4 is 0 Å². The highest BCUT2D eigenvalue weighted by Crippen LogP contribution is 2.07. The van der Waals surface area contributed by atoms with Crippen LogP contribution in [0.4, 0.5) is 0 Å². The molecule has 0 aliphatic rings. The van der Waals surface area contributed by atoms with Crippen molar-refractivity contribution in [3.05, 3.63) is 29.1 Å². The number of carbonyl (C=O) groups excluding carboxylic acids is 1. The van der Waals surface area contributed by atoms with Crippen LogP contribution in [0.2, 0.25) is 0 Å². The van der Waals surface area contributed by atoms with Gasteiger partial charge in [0.1, 0.15) is 11.8 Å². The first-order valence-corrected chi connectivity index (χ1v) is 4.23. The number of aromatic nitrogens is 1. The van der Waals surface area contributed by atoms with Crippen LogP contribution in [-0.2, 0) is 4.74 Å². The smallest absolute Gasteiger partial charge is 0.339 e. The molecular formula is C10H10N2O2. The Labute approximate surface area is 82.1 Å². The quantitative estimate of drug-likeness (QED) is 0.662. The molecule has 1 rings (SSSR count). The van der Waals surface area contributed by atoms with Gasteiger partial charge in [-0.2, -0.15) is 5.26 Å². The van der Waals surface area contributed by atoms with Gasteiger partial charge in [0.25, 0.3) is 0 Å². The van der Waals surface area contributed by atoms with Crippen molar-refractivity contribution < 1.29 is 9.53 Å². The fourth-order valence-electron chi connectivity index (χ4n) is 1.02. The van der Waals surface area contributed by atoms with Gasteiger partial charge in [0.2, 0.25) is 0 Å². The second kappa shape index (κ2) is 4.38. The molecule has 1 aromatic rings. The molecule has 14 heavy (non-hydrogen) atoms. The highest BCUT2D eigenvalue weighted by molar-refractivity contribution is 5.89. The van der Waals surface area contributed by atoms with E-state index in [1.807, 2.05) is 6.07 Å². The van der Waals surface area contributed by atoms with Gasteiger partial charge >= 0.3 is 5.97 Å². The summed E-state index contributed by atoms with van der Waals surface area (Å²) in [6.07, 6.45) is 1.35. The van der Waals surface area contributed by atoms with E-state index in [1.165, 1.54) is 6.20 Å². The zero-order valence-corrected chi connectivity index (χ0v) is 8.07. The number of pyridine rings is 1. The van der Waals surface area contributed by atoms with Crippen LogP contribution in [0, 0.1) is 18.3 Å². The monoisotopic (exact) mass is 190 g/mol. The molecule has 0 aromatic carbocycles. The fourth-order valence-corrected chi connectivity index (χ4v) is 1.02. The molecule has 0 N–H and O–H groups in total. The van der Waals surface area contributed by atoms with Crippen molar-refractivity contribution in [1.29, 1.82) is 5.26 Å². The molecule has 4 nitrogen and oxygen atoms in total. The van der Waals surface area contributed by atoms with Crippen molar-refractivity contribution in [2.24, 2.45) is 0 Å². The predicted molar refractivity (Wildman–Crippen MR) is 49.6 cm³/mol. The van der Waals surface area contributed by atoms with Crippen LogP contribution >= 0.6 is 0 Å². The van der Waals surface area contributed by atoms with Gasteiger partial charge in [0.05, 0.1) is 12.2 Å². The standard InChI is InChI=1S/C10H10N2O2/c1-3-14-10(13)8-4-7(2)9(5-11)12-6-8/h4,6H,3H2,1-2H3. The molecule has 0 bridgehead atoms. The maximum atomic E-state index is 11.3. The summed E-state index contributed by atoms with van der Waals surface area (Å²) >= 11 is 0. The van der Waals surface area contributed by atoms with E-state index in [0.29, 0.717) is 23.4 Å². The van der Waals surface area contributed by atoms with Gasteiger partial charge in [-0.05, 0) is 25.5 Å². The van der Waals surface area contributed by atoms with Crippen molar-refractivity contribution in [3.8, 4) is 6.07 Å². The average Bonchev–Trinajstić information content (AvgIpc) is 2.18. The Kier molecular flexibility index (Phi) is 3.19. The molecule has 0 saturated carbocycles. The van der Waals surface area contributed by atoms with E-state index in [2.05, 4.69) is 4.98 Å². The second-order valence-corrected chi connectivity index (χ2v) is 2.72. The van der Waals surface area contributed by atoms with Gasteiger partial charge in [0, 0.05) is 6.20 Å². The Hall–Kier alpha value is -1.89. The largest absolute Gasteiger partial charge is 0.462 e. The summed E-state index contributed by atoms with van der Waals surface area (Å²) in [5.41, 5.74) is 1.39. The van der Waals surface area contributed by atoms with Crippen LogP contribution in [0.3, 0.4) is 0 Å². The maximum Gasteiger partial charge on any atom is 0.339 e. The number of nitrogens with zero attached hydrogens (tertiary/aromatic N) is 2. The van der Waals surface area contributed by atoms with Crippen molar-refractivity contribution >= 4 is 5.97 Å². The molecular weight excluding hydrogens is 180 g/mol. The van der Waals surface area contributed by atoms with Crippen LogP contribution in [0.1, 0.15) is 28.5 Å². The number of carbonyl (C=O) groups is 1. The Morgan fingerprint density at radius 1 is 1.71 bits per heavy atom. The molecule has 0 saturated heterocycles. The van der Waals surface area contributed by atoms with Crippen molar-refractivity contribution in [3.63, 3.8) is 0 Å². The molecule has 0 fully saturated rings. The molecule has 1 heterocycles. The van der Waals surface area contributed by atoms with Crippen molar-refractivity contribution in [2.45, 2.75) is 13.8 Å². The predicted octanol–water partition coefficient (Wildman–Crippen LogP) is 1.44. The summed E-state index contributed by atoms with van der Waals surface area (Å²) in [5.74, 6) is -0.410. The highest BCUT2D eigenvalue weighted by atomic mass is 16.5. The van der Waals surface area contributed by atoms with E-state index in [9.17, 15) is 4.79 Å². The van der Waals surface area contributed by atoms with Gasteiger partial charge in [-0.15, -0.1) is 0 Å². The Balaban J connectivity index is 2.98. The zero-order chi connectivity index (χ0) is 10.6. The molecule has 1 aromatic heterocycles. The Morgan fingerprint density at radius 2 is 2.43 bits per heavy atom. The maximum absolute atomic E-state index is 11.3. The summed E-state index contributed by atoms with van der Waals surface area (Å²) in [5, 5.41) is 8.62. The zero-order valence-electron chi connectivity index (χ0n) is 8.07. The fraction of sp³-hybridized carbons (Fsp3) is 0.300. The minimum Gasteiger partial charge on any atom is -0.462 e. The summed E-state index contributed by atoms with van der Waals surface area (Å²) in [6.45, 7) is 3.80. The third kappa shape index (κ3) is 2.07. The van der Waals surface area contributed by atoms with Gasteiger partial charge in [0.15, 0.2) is 0 Å². The molecule has 72 valence electrons. The minimum atomic E-state index is -0.410. The van der Waals surface area contributed by atoms with E-state index in [-0.39, 0.29) is 0 Å². The molecule has 0 atom stereocenters. The van der Waals surface area contributed by atoms with Crippen LogP contribution in [0.5, 0.6) is 0 Å². The Morgan fingerprint density at radius 3 is 2.93 bits per heavy atom. The number of aryl methyl sites for hydroxylation is 1. The first-order chi connectivity index (χ1) is 6.69. The van der Waals surface area contributed by atoms with Gasteiger partial charge < -0.3 is 4.74 Å². The number of hydrogen-bond donors (Lipinski definition) is 0. The minimum absolute atomic E-state index is 0.331. The Bertz CT molecular complexity index is 394. The number of nitriles is 1. The molecule has 4 heteroatoms.